The average molecular weight is 959 g/mol. The van der Waals surface area contributed by atoms with Crippen molar-refractivity contribution < 1.29 is 87.9 Å². The third-order valence-corrected chi connectivity index (χ3v) is 13.3. The molecule has 0 aromatic carbocycles. The molecule has 1 aliphatic carbocycles. The highest BCUT2D eigenvalue weighted by atomic mass is 31.2. The van der Waals surface area contributed by atoms with E-state index in [9.17, 15) is 59.9 Å². The molecule has 1 heterocycles. The van der Waals surface area contributed by atoms with E-state index in [1.54, 1.807) is 0 Å². The number of ether oxygens (including phenoxy) is 4. The van der Waals surface area contributed by atoms with E-state index in [0.717, 1.165) is 51.4 Å². The summed E-state index contributed by atoms with van der Waals surface area (Å²) in [6, 6.07) is 0. The Hall–Kier alpha value is -1.35. The fourth-order valence-corrected chi connectivity index (χ4v) is 9.14. The molecule has 0 aromatic rings. The van der Waals surface area contributed by atoms with Crippen LogP contribution in [0.15, 0.2) is 0 Å². The lowest BCUT2D eigenvalue weighted by Gasteiger charge is -2.47. The first kappa shape index (κ1) is 59.8. The number of phosphoric ester groups is 1. The van der Waals surface area contributed by atoms with Gasteiger partial charge in [0.15, 0.2) is 12.4 Å². The first-order valence-corrected chi connectivity index (χ1v) is 26.4. The van der Waals surface area contributed by atoms with Crippen LogP contribution in [0.5, 0.6) is 0 Å². The topological polar surface area (TPSA) is 289 Å². The van der Waals surface area contributed by atoms with Gasteiger partial charge in [0.1, 0.15) is 67.6 Å². The van der Waals surface area contributed by atoms with Crippen molar-refractivity contribution in [3.63, 3.8) is 0 Å². The maximum Gasteiger partial charge on any atom is 0.472 e. The first-order chi connectivity index (χ1) is 31.2. The second-order valence-electron chi connectivity index (χ2n) is 18.0. The van der Waals surface area contributed by atoms with Gasteiger partial charge < -0.3 is 64.7 Å². The SMILES string of the molecule is CCCCCCCCCCCCCCCCC(=O)OCC(COP(=O)(O)OC1C(O)C(O)C(O)C(O)C1OC1OC(CO)C(O)C(O)C1O)OC(=O)CCCCCCCCCCCCC. The second-order valence-corrected chi connectivity index (χ2v) is 19.4. The van der Waals surface area contributed by atoms with Crippen LogP contribution in [0.3, 0.4) is 0 Å². The maximum atomic E-state index is 13.4. The molecule has 19 heteroatoms. The van der Waals surface area contributed by atoms with E-state index in [0.29, 0.717) is 12.8 Å². The molecule has 2 rings (SSSR count). The van der Waals surface area contributed by atoms with Crippen molar-refractivity contribution >= 4 is 19.8 Å². The number of rotatable bonds is 38. The molecule has 1 saturated heterocycles. The normalized spacial score (nSPS) is 28.4. The van der Waals surface area contributed by atoms with E-state index in [-0.39, 0.29) is 12.8 Å². The zero-order chi connectivity index (χ0) is 48.0. The highest BCUT2D eigenvalue weighted by molar-refractivity contribution is 7.47. The number of phosphoric acid groups is 1. The predicted molar refractivity (Wildman–Crippen MR) is 240 cm³/mol. The minimum absolute atomic E-state index is 0.0388. The first-order valence-electron chi connectivity index (χ1n) is 24.9. The molecule has 0 amide bonds. The van der Waals surface area contributed by atoms with Gasteiger partial charge in [-0.2, -0.15) is 0 Å². The number of esters is 2. The molecular weight excluding hydrogens is 871 g/mol. The lowest BCUT2D eigenvalue weighted by molar-refractivity contribution is -0.338. The molecule has 1 saturated carbocycles. The van der Waals surface area contributed by atoms with E-state index in [1.165, 1.54) is 96.3 Å². The van der Waals surface area contributed by atoms with E-state index >= 15 is 0 Å². The van der Waals surface area contributed by atoms with Gasteiger partial charge in [0.05, 0.1) is 13.2 Å². The van der Waals surface area contributed by atoms with Crippen LogP contribution in [0, 0.1) is 0 Å². The minimum Gasteiger partial charge on any atom is -0.462 e. The smallest absolute Gasteiger partial charge is 0.462 e. The predicted octanol–water partition coefficient (Wildman–Crippen LogP) is 5.16. The van der Waals surface area contributed by atoms with Crippen molar-refractivity contribution in [2.24, 2.45) is 0 Å². The summed E-state index contributed by atoms with van der Waals surface area (Å²) >= 11 is 0. The van der Waals surface area contributed by atoms with Gasteiger partial charge in [-0.05, 0) is 12.8 Å². The third-order valence-electron chi connectivity index (χ3n) is 12.3. The summed E-state index contributed by atoms with van der Waals surface area (Å²) in [5.41, 5.74) is 0. The molecule has 13 unspecified atom stereocenters. The Morgan fingerprint density at radius 2 is 0.923 bits per heavy atom. The molecule has 0 radical (unpaired) electrons. The Balaban J connectivity index is 1.95. The molecule has 0 aromatic heterocycles. The molecular formula is C46H87O18P. The zero-order valence-electron chi connectivity index (χ0n) is 39.3. The van der Waals surface area contributed by atoms with Crippen molar-refractivity contribution in [2.75, 3.05) is 19.8 Å². The molecule has 0 spiro atoms. The van der Waals surface area contributed by atoms with Crippen molar-refractivity contribution in [2.45, 2.75) is 261 Å². The van der Waals surface area contributed by atoms with Crippen LogP contribution in [0.2, 0.25) is 0 Å². The summed E-state index contributed by atoms with van der Waals surface area (Å²) in [6.45, 7) is 2.22. The van der Waals surface area contributed by atoms with Gasteiger partial charge in [-0.15, -0.1) is 0 Å². The largest absolute Gasteiger partial charge is 0.472 e. The Morgan fingerprint density at radius 1 is 0.523 bits per heavy atom. The van der Waals surface area contributed by atoms with Crippen LogP contribution in [0.4, 0.5) is 0 Å². The quantitative estimate of drug-likeness (QED) is 0.0219. The van der Waals surface area contributed by atoms with Crippen LogP contribution in [0.25, 0.3) is 0 Å². The second kappa shape index (κ2) is 34.9. The molecule has 2 aliphatic rings. The summed E-state index contributed by atoms with van der Waals surface area (Å²) in [4.78, 5) is 36.4. The number of hydrogen-bond donors (Lipinski definition) is 9. The molecule has 0 bridgehead atoms. The average Bonchev–Trinajstić information content (AvgIpc) is 3.28. The Labute approximate surface area is 387 Å². The van der Waals surface area contributed by atoms with Gasteiger partial charge in [-0.3, -0.25) is 18.6 Å². The van der Waals surface area contributed by atoms with E-state index in [4.69, 9.17) is 28.0 Å². The number of carbonyl (C=O) groups is 2. The van der Waals surface area contributed by atoms with E-state index < -0.39 is 113 Å². The molecule has 65 heavy (non-hydrogen) atoms. The summed E-state index contributed by atoms with van der Waals surface area (Å²) in [5.74, 6) is -1.21. The molecule has 2 fully saturated rings. The monoisotopic (exact) mass is 959 g/mol. The Kier molecular flexibility index (Phi) is 32.1. The van der Waals surface area contributed by atoms with Gasteiger partial charge in [0.25, 0.3) is 0 Å². The lowest BCUT2D eigenvalue weighted by Crippen LogP contribution is -2.67. The zero-order valence-corrected chi connectivity index (χ0v) is 40.2. The maximum absolute atomic E-state index is 13.4. The van der Waals surface area contributed by atoms with Gasteiger partial charge in [-0.1, -0.05) is 162 Å². The number of aliphatic hydroxyl groups is 8. The molecule has 384 valence electrons. The highest BCUT2D eigenvalue weighted by Gasteiger charge is 2.55. The molecule has 13 atom stereocenters. The van der Waals surface area contributed by atoms with Gasteiger partial charge in [0, 0.05) is 12.8 Å². The van der Waals surface area contributed by atoms with Crippen molar-refractivity contribution in [1.29, 1.82) is 0 Å². The summed E-state index contributed by atoms with van der Waals surface area (Å²) < 4.78 is 45.4. The van der Waals surface area contributed by atoms with E-state index in [2.05, 4.69) is 13.8 Å². The van der Waals surface area contributed by atoms with E-state index in [1.807, 2.05) is 0 Å². The fraction of sp³-hybridized carbons (Fsp3) is 0.957. The fourth-order valence-electron chi connectivity index (χ4n) is 8.17. The van der Waals surface area contributed by atoms with Crippen LogP contribution >= 0.6 is 7.82 Å². The van der Waals surface area contributed by atoms with Gasteiger partial charge in [0.2, 0.25) is 0 Å². The van der Waals surface area contributed by atoms with Gasteiger partial charge >= 0.3 is 19.8 Å². The number of carbonyl (C=O) groups excluding carboxylic acids is 2. The number of hydrogen-bond acceptors (Lipinski definition) is 17. The van der Waals surface area contributed by atoms with Crippen LogP contribution < -0.4 is 0 Å². The van der Waals surface area contributed by atoms with Crippen LogP contribution in [0.1, 0.15) is 187 Å². The molecule has 1 aliphatic heterocycles. The van der Waals surface area contributed by atoms with Crippen molar-refractivity contribution in [1.82, 2.24) is 0 Å². The highest BCUT2D eigenvalue weighted by Crippen LogP contribution is 2.48. The lowest BCUT2D eigenvalue weighted by atomic mass is 9.84. The van der Waals surface area contributed by atoms with Crippen LogP contribution in [-0.2, 0) is 42.1 Å². The number of unbranched alkanes of at least 4 members (excludes halogenated alkanes) is 23. The Bertz CT molecular complexity index is 1280. The number of aliphatic hydroxyl groups excluding tert-OH is 8. The molecule has 9 N–H and O–H groups in total. The van der Waals surface area contributed by atoms with Crippen molar-refractivity contribution in [3.05, 3.63) is 0 Å². The summed E-state index contributed by atoms with van der Waals surface area (Å²) in [7, 11) is -5.36. The third kappa shape index (κ3) is 24.2. The Morgan fingerprint density at radius 3 is 1.37 bits per heavy atom. The van der Waals surface area contributed by atoms with Gasteiger partial charge in [-0.25, -0.2) is 4.57 Å². The standard InChI is InChI=1S/C46H87O18P/c1-3-5-7-9-11-13-15-16-17-19-20-22-24-26-28-35(48)59-31-33(61-36(49)29-27-25-23-21-18-14-12-10-8-6-4-2)32-60-65(57,58)64-45-42(55)40(53)39(52)41(54)44(45)63-46-43(56)38(51)37(50)34(30-47)62-46/h33-34,37-47,50-56H,3-32H2,1-2H3,(H,57,58). The van der Waals surface area contributed by atoms with Crippen molar-refractivity contribution in [3.8, 4) is 0 Å². The summed E-state index contributed by atoms with van der Waals surface area (Å²) in [5, 5.41) is 82.8. The molecule has 18 nitrogen and oxygen atoms in total. The summed E-state index contributed by atoms with van der Waals surface area (Å²) in [6.07, 6.45) is 4.84. The minimum atomic E-state index is -5.36. The van der Waals surface area contributed by atoms with Crippen LogP contribution in [-0.4, -0.2) is 151 Å².